The SMILES string of the molecule is CCF.CF.COCF. The van der Waals surface area contributed by atoms with Gasteiger partial charge in [0.15, 0.2) is 6.86 Å². The molecule has 0 rings (SSSR count). The van der Waals surface area contributed by atoms with Crippen LogP contribution in [-0.4, -0.2) is 27.8 Å². The van der Waals surface area contributed by atoms with E-state index < -0.39 is 6.86 Å². The molecule has 0 bridgehead atoms. The van der Waals surface area contributed by atoms with Crippen LogP contribution in [0.15, 0.2) is 0 Å². The van der Waals surface area contributed by atoms with E-state index in [1.807, 2.05) is 0 Å². The molecule has 0 amide bonds. The molecular formula is C5H13F3O. The van der Waals surface area contributed by atoms with Crippen molar-refractivity contribution < 1.29 is 17.9 Å². The summed E-state index contributed by atoms with van der Waals surface area (Å²) in [4.78, 5) is 0. The zero-order valence-electron chi connectivity index (χ0n) is 5.96. The van der Waals surface area contributed by atoms with Gasteiger partial charge < -0.3 is 4.74 Å². The van der Waals surface area contributed by atoms with Gasteiger partial charge in [-0.25, -0.2) is 4.39 Å². The van der Waals surface area contributed by atoms with Crippen molar-refractivity contribution in [1.82, 2.24) is 0 Å². The largest absolute Gasteiger partial charge is 0.354 e. The maximum Gasteiger partial charge on any atom is 0.187 e. The molecule has 0 aliphatic heterocycles. The van der Waals surface area contributed by atoms with Crippen LogP contribution in [0.5, 0.6) is 0 Å². The number of methoxy groups -OCH3 is 1. The van der Waals surface area contributed by atoms with Gasteiger partial charge in [-0.2, -0.15) is 0 Å². The zero-order chi connectivity index (χ0) is 8.12. The lowest BCUT2D eigenvalue weighted by Crippen LogP contribution is -1.70. The van der Waals surface area contributed by atoms with Crippen molar-refractivity contribution in [2.75, 3.05) is 27.8 Å². The number of hydrogen-bond acceptors (Lipinski definition) is 1. The minimum Gasteiger partial charge on any atom is -0.354 e. The molecular weight excluding hydrogens is 133 g/mol. The normalized spacial score (nSPS) is 6.00. The Bertz CT molecular complexity index is 19.7. The van der Waals surface area contributed by atoms with Gasteiger partial charge in [0, 0.05) is 7.11 Å². The quantitative estimate of drug-likeness (QED) is 0.550. The first-order chi connectivity index (χ1) is 4.33. The molecule has 0 saturated carbocycles. The van der Waals surface area contributed by atoms with Crippen molar-refractivity contribution in [2.24, 2.45) is 0 Å². The summed E-state index contributed by atoms with van der Waals surface area (Å²) in [5, 5.41) is 0. The minimum absolute atomic E-state index is 0.250. The maximum atomic E-state index is 10.5. The molecule has 0 aliphatic carbocycles. The van der Waals surface area contributed by atoms with E-state index in [9.17, 15) is 13.2 Å². The van der Waals surface area contributed by atoms with Crippen molar-refractivity contribution in [3.8, 4) is 0 Å². The van der Waals surface area contributed by atoms with Crippen molar-refractivity contribution >= 4 is 0 Å². The highest BCUT2D eigenvalue weighted by Gasteiger charge is 1.55. The van der Waals surface area contributed by atoms with E-state index in [4.69, 9.17) is 0 Å². The first-order valence-electron chi connectivity index (χ1n) is 2.32. The third-order valence-electron chi connectivity index (χ3n) is 0.109. The summed E-state index contributed by atoms with van der Waals surface area (Å²) in [5.74, 6) is 0. The Morgan fingerprint density at radius 2 is 1.33 bits per heavy atom. The van der Waals surface area contributed by atoms with Crippen molar-refractivity contribution in [3.05, 3.63) is 0 Å². The Hall–Kier alpha value is -0.250. The summed E-state index contributed by atoms with van der Waals surface area (Å²) in [6.45, 7) is 0.528. The lowest BCUT2D eigenvalue weighted by atomic mass is 10.9. The van der Waals surface area contributed by atoms with E-state index in [0.29, 0.717) is 7.18 Å². The van der Waals surface area contributed by atoms with Crippen LogP contribution in [0.25, 0.3) is 0 Å². The van der Waals surface area contributed by atoms with Gasteiger partial charge in [-0.3, -0.25) is 8.78 Å². The van der Waals surface area contributed by atoms with Crippen LogP contribution >= 0.6 is 0 Å². The Labute approximate surface area is 53.8 Å². The second-order valence-electron chi connectivity index (χ2n) is 0.665. The molecule has 0 atom stereocenters. The summed E-state index contributed by atoms with van der Waals surface area (Å²) in [6, 6.07) is 0. The van der Waals surface area contributed by atoms with Crippen LogP contribution in [0.3, 0.4) is 0 Å². The summed E-state index contributed by atoms with van der Waals surface area (Å²) in [5.41, 5.74) is 0. The number of halogens is 3. The van der Waals surface area contributed by atoms with Crippen molar-refractivity contribution in [2.45, 2.75) is 6.92 Å². The number of rotatable bonds is 1. The van der Waals surface area contributed by atoms with Crippen LogP contribution < -0.4 is 0 Å². The monoisotopic (exact) mass is 146 g/mol. The maximum absolute atomic E-state index is 10.5. The van der Waals surface area contributed by atoms with E-state index in [1.54, 1.807) is 0 Å². The second-order valence-corrected chi connectivity index (χ2v) is 0.665. The fourth-order valence-corrected chi connectivity index (χ4v) is 0. The third-order valence-corrected chi connectivity index (χ3v) is 0.109. The smallest absolute Gasteiger partial charge is 0.187 e. The average molecular weight is 146 g/mol. The molecule has 0 aromatic rings. The zero-order valence-corrected chi connectivity index (χ0v) is 5.96. The molecule has 60 valence electrons. The minimum atomic E-state index is -0.681. The Morgan fingerprint density at radius 3 is 1.33 bits per heavy atom. The molecule has 0 spiro atoms. The number of alkyl halides is 3. The van der Waals surface area contributed by atoms with Gasteiger partial charge in [-0.15, -0.1) is 0 Å². The summed E-state index contributed by atoms with van der Waals surface area (Å²) in [7, 11) is 1.81. The summed E-state index contributed by atoms with van der Waals surface area (Å²) >= 11 is 0. The highest BCUT2D eigenvalue weighted by molar-refractivity contribution is 3.86. The number of hydrogen-bond donors (Lipinski definition) is 0. The predicted molar refractivity (Wildman–Crippen MR) is 31.7 cm³/mol. The van der Waals surface area contributed by atoms with E-state index in [1.165, 1.54) is 14.0 Å². The fourth-order valence-electron chi connectivity index (χ4n) is 0. The van der Waals surface area contributed by atoms with Crippen LogP contribution in [0.4, 0.5) is 13.2 Å². The molecule has 0 radical (unpaired) electrons. The van der Waals surface area contributed by atoms with Gasteiger partial charge in [-0.05, 0) is 6.92 Å². The topological polar surface area (TPSA) is 9.23 Å². The molecule has 0 aliphatic rings. The van der Waals surface area contributed by atoms with E-state index in [0.717, 1.165) is 0 Å². The van der Waals surface area contributed by atoms with Crippen LogP contribution in [0.1, 0.15) is 6.92 Å². The van der Waals surface area contributed by atoms with Crippen LogP contribution in [-0.2, 0) is 4.74 Å². The third kappa shape index (κ3) is 456. The molecule has 0 N–H and O–H groups in total. The Morgan fingerprint density at radius 1 is 1.22 bits per heavy atom. The van der Waals surface area contributed by atoms with Gasteiger partial charge in [0.1, 0.15) is 0 Å². The van der Waals surface area contributed by atoms with E-state index in [-0.39, 0.29) is 6.67 Å². The highest BCUT2D eigenvalue weighted by atomic mass is 19.1. The van der Waals surface area contributed by atoms with Crippen LogP contribution in [0, 0.1) is 0 Å². The van der Waals surface area contributed by atoms with Crippen molar-refractivity contribution in [1.29, 1.82) is 0 Å². The molecule has 0 heterocycles. The first-order valence-corrected chi connectivity index (χ1v) is 2.32. The number of ether oxygens (including phenoxy) is 1. The van der Waals surface area contributed by atoms with Gasteiger partial charge in [0.25, 0.3) is 0 Å². The van der Waals surface area contributed by atoms with Gasteiger partial charge in [0.05, 0.1) is 13.9 Å². The standard InChI is InChI=1S/C2H5FO.C2H5F.CH3F/c1-4-2-3;1-2-3;1-2/h2H2,1H3;2H2,1H3;1H3. The lowest BCUT2D eigenvalue weighted by Gasteiger charge is -1.72. The second kappa shape index (κ2) is 46.7. The molecule has 0 unspecified atom stereocenters. The van der Waals surface area contributed by atoms with Gasteiger partial charge in [0.2, 0.25) is 0 Å². The fraction of sp³-hybridized carbons (Fsp3) is 1.00. The van der Waals surface area contributed by atoms with Gasteiger partial charge >= 0.3 is 0 Å². The predicted octanol–water partition coefficient (Wildman–Crippen LogP) is 2.12. The molecule has 4 heteroatoms. The Balaban J connectivity index is -0.0000000646. The van der Waals surface area contributed by atoms with Gasteiger partial charge in [-0.1, -0.05) is 0 Å². The molecule has 1 nitrogen and oxygen atoms in total. The molecule has 0 aromatic carbocycles. The Kier molecular flexibility index (Phi) is 82.5. The first kappa shape index (κ1) is 15.9. The van der Waals surface area contributed by atoms with E-state index >= 15 is 0 Å². The lowest BCUT2D eigenvalue weighted by molar-refractivity contribution is 0.104. The highest BCUT2D eigenvalue weighted by Crippen LogP contribution is 1.58. The molecule has 0 fully saturated rings. The summed E-state index contributed by atoms with van der Waals surface area (Å²) < 4.78 is 34.2. The van der Waals surface area contributed by atoms with Crippen molar-refractivity contribution in [3.63, 3.8) is 0 Å². The molecule has 0 aromatic heterocycles. The molecule has 9 heavy (non-hydrogen) atoms. The summed E-state index contributed by atoms with van der Waals surface area (Å²) in [6.07, 6.45) is 0. The van der Waals surface area contributed by atoms with E-state index in [2.05, 4.69) is 4.74 Å². The molecule has 0 saturated heterocycles. The average Bonchev–Trinajstić information content (AvgIpc) is 1.94. The van der Waals surface area contributed by atoms with Crippen LogP contribution in [0.2, 0.25) is 0 Å².